The van der Waals surface area contributed by atoms with Gasteiger partial charge in [0.2, 0.25) is 10.9 Å². The number of halogens is 4. The predicted molar refractivity (Wildman–Crippen MR) is 212 cm³/mol. The van der Waals surface area contributed by atoms with Crippen molar-refractivity contribution in [2.45, 2.75) is 59.2 Å². The summed E-state index contributed by atoms with van der Waals surface area (Å²) in [5.74, 6) is -4.02. The average Bonchev–Trinajstić information content (AvgIpc) is 3.09. The van der Waals surface area contributed by atoms with E-state index in [-0.39, 0.29) is 79.3 Å². The lowest BCUT2D eigenvalue weighted by molar-refractivity contribution is 0.00546. The standard InChI is InChI=1S/C43H36Cl2F2O10/c1-42(2,3)56-40(50)34-36(48)28-12-8-22(44)18-32(28)54-38(34)26-14-10-24(20-30(26)46)52-16-7-17-53-25-11-15-27(31(47)21-25)39-35(41(51)57-43(4,5)6)37(49)29-13-9-23(45)19-33(29)55-39/h8-15,18-21H,7,16-17H2,1-6H3. The third kappa shape index (κ3) is 9.30. The van der Waals surface area contributed by atoms with Gasteiger partial charge in [0, 0.05) is 40.7 Å². The second kappa shape index (κ2) is 16.0. The van der Waals surface area contributed by atoms with Gasteiger partial charge in [0.05, 0.1) is 35.1 Å². The van der Waals surface area contributed by atoms with Crippen LogP contribution in [0.3, 0.4) is 0 Å². The SMILES string of the molecule is CC(C)(C)OC(=O)c1c(-c2ccc(OCCCOc3ccc(-c4oc5cc(Cl)ccc5c(=O)c4C(=O)OC(C)(C)C)c(F)c3)cc2F)oc2cc(Cl)ccc2c1=O. The van der Waals surface area contributed by atoms with Gasteiger partial charge in [0.25, 0.3) is 0 Å². The summed E-state index contributed by atoms with van der Waals surface area (Å²) in [4.78, 5) is 53.3. The van der Waals surface area contributed by atoms with Crippen molar-refractivity contribution in [2.24, 2.45) is 0 Å². The van der Waals surface area contributed by atoms with Crippen LogP contribution in [0.5, 0.6) is 11.5 Å². The summed E-state index contributed by atoms with van der Waals surface area (Å²) < 4.78 is 65.4. The van der Waals surface area contributed by atoms with E-state index in [4.69, 9.17) is 51.0 Å². The fourth-order valence-corrected chi connectivity index (χ4v) is 6.04. The molecule has 0 amide bonds. The Balaban J connectivity index is 1.16. The van der Waals surface area contributed by atoms with Crippen LogP contribution in [-0.2, 0) is 9.47 Å². The molecule has 0 saturated carbocycles. The number of esters is 2. The van der Waals surface area contributed by atoms with Gasteiger partial charge in [-0.05, 0) is 90.1 Å². The van der Waals surface area contributed by atoms with Crippen molar-refractivity contribution in [1.29, 1.82) is 0 Å². The number of hydrogen-bond acceptors (Lipinski definition) is 10. The van der Waals surface area contributed by atoms with E-state index >= 15 is 8.78 Å². The maximum Gasteiger partial charge on any atom is 0.346 e. The molecule has 0 radical (unpaired) electrons. The molecule has 57 heavy (non-hydrogen) atoms. The molecule has 0 saturated heterocycles. The molecule has 0 atom stereocenters. The van der Waals surface area contributed by atoms with Gasteiger partial charge >= 0.3 is 11.9 Å². The molecule has 0 aliphatic carbocycles. The van der Waals surface area contributed by atoms with Crippen LogP contribution < -0.4 is 20.3 Å². The summed E-state index contributed by atoms with van der Waals surface area (Å²) in [6.07, 6.45) is 0.291. The normalized spacial score (nSPS) is 11.8. The van der Waals surface area contributed by atoms with Crippen LogP contribution >= 0.6 is 23.2 Å². The van der Waals surface area contributed by atoms with E-state index in [1.54, 1.807) is 41.5 Å². The van der Waals surface area contributed by atoms with Gasteiger partial charge in [0.15, 0.2) is 22.6 Å². The zero-order valence-corrected chi connectivity index (χ0v) is 33.2. The number of rotatable bonds is 10. The molecule has 0 spiro atoms. The van der Waals surface area contributed by atoms with Gasteiger partial charge in [0.1, 0.15) is 45.5 Å². The summed E-state index contributed by atoms with van der Waals surface area (Å²) in [5, 5.41) is 0.684. The molecule has 0 bridgehead atoms. The molecule has 6 rings (SSSR count). The first-order valence-electron chi connectivity index (χ1n) is 17.6. The third-order valence-corrected chi connectivity index (χ3v) is 8.58. The molecule has 6 aromatic rings. The summed E-state index contributed by atoms with van der Waals surface area (Å²) in [6, 6.07) is 16.2. The van der Waals surface area contributed by atoms with Crippen LogP contribution in [0, 0.1) is 11.6 Å². The highest BCUT2D eigenvalue weighted by molar-refractivity contribution is 6.31. The molecule has 296 valence electrons. The van der Waals surface area contributed by atoms with Gasteiger partial charge in [-0.3, -0.25) is 9.59 Å². The highest BCUT2D eigenvalue weighted by Gasteiger charge is 2.30. The molecular weight excluding hydrogens is 785 g/mol. The van der Waals surface area contributed by atoms with Gasteiger partial charge in [-0.25, -0.2) is 18.4 Å². The quantitative estimate of drug-likeness (QED) is 0.0972. The van der Waals surface area contributed by atoms with E-state index < -0.39 is 56.8 Å². The molecule has 14 heteroatoms. The Morgan fingerprint density at radius 3 is 1.33 bits per heavy atom. The summed E-state index contributed by atoms with van der Waals surface area (Å²) in [5.41, 5.74) is -4.50. The minimum absolute atomic E-state index is 0.0558. The molecule has 0 fully saturated rings. The first-order valence-corrected chi connectivity index (χ1v) is 18.4. The first kappa shape index (κ1) is 40.9. The Bertz CT molecular complexity index is 2490. The highest BCUT2D eigenvalue weighted by Crippen LogP contribution is 2.34. The van der Waals surface area contributed by atoms with Crippen molar-refractivity contribution in [1.82, 2.24) is 0 Å². The summed E-state index contributed by atoms with van der Waals surface area (Å²) >= 11 is 12.2. The molecule has 0 aliphatic heterocycles. The van der Waals surface area contributed by atoms with Gasteiger partial charge in [-0.1, -0.05) is 23.2 Å². The fourth-order valence-electron chi connectivity index (χ4n) is 5.72. The molecule has 4 aromatic carbocycles. The molecule has 0 N–H and O–H groups in total. The van der Waals surface area contributed by atoms with Crippen LogP contribution in [0.4, 0.5) is 8.78 Å². The molecule has 2 heterocycles. The number of benzene rings is 4. The van der Waals surface area contributed by atoms with Crippen molar-refractivity contribution in [3.05, 3.63) is 126 Å². The Morgan fingerprint density at radius 1 is 0.596 bits per heavy atom. The zero-order valence-electron chi connectivity index (χ0n) is 31.6. The lowest BCUT2D eigenvalue weighted by atomic mass is 10.0. The Kier molecular flexibility index (Phi) is 11.5. The van der Waals surface area contributed by atoms with Crippen molar-refractivity contribution in [2.75, 3.05) is 13.2 Å². The maximum absolute atomic E-state index is 15.6. The average molecular weight is 822 g/mol. The molecule has 0 aliphatic rings. The Morgan fingerprint density at radius 2 is 0.982 bits per heavy atom. The van der Waals surface area contributed by atoms with Crippen LogP contribution in [-0.4, -0.2) is 36.4 Å². The van der Waals surface area contributed by atoms with Crippen LogP contribution in [0.1, 0.15) is 68.7 Å². The zero-order chi connectivity index (χ0) is 41.4. The van der Waals surface area contributed by atoms with E-state index in [1.807, 2.05) is 0 Å². The second-order valence-corrected chi connectivity index (χ2v) is 15.8. The lowest BCUT2D eigenvalue weighted by Crippen LogP contribution is -2.28. The summed E-state index contributed by atoms with van der Waals surface area (Å²) in [7, 11) is 0. The molecule has 0 unspecified atom stereocenters. The number of hydrogen-bond donors (Lipinski definition) is 0. The maximum atomic E-state index is 15.6. The van der Waals surface area contributed by atoms with Crippen molar-refractivity contribution < 1.29 is 46.2 Å². The van der Waals surface area contributed by atoms with E-state index in [0.717, 1.165) is 12.1 Å². The van der Waals surface area contributed by atoms with Crippen LogP contribution in [0.2, 0.25) is 10.0 Å². The third-order valence-electron chi connectivity index (χ3n) is 8.11. The van der Waals surface area contributed by atoms with E-state index in [0.29, 0.717) is 6.42 Å². The Labute approximate surface area is 334 Å². The molecule has 2 aromatic heterocycles. The highest BCUT2D eigenvalue weighted by atomic mass is 35.5. The minimum atomic E-state index is -0.978. The second-order valence-electron chi connectivity index (χ2n) is 14.9. The van der Waals surface area contributed by atoms with E-state index in [2.05, 4.69) is 0 Å². The number of ether oxygens (including phenoxy) is 4. The van der Waals surface area contributed by atoms with Gasteiger partial charge < -0.3 is 27.8 Å². The smallest absolute Gasteiger partial charge is 0.346 e. The summed E-state index contributed by atoms with van der Waals surface area (Å²) in [6.45, 7) is 9.94. The largest absolute Gasteiger partial charge is 0.493 e. The monoisotopic (exact) mass is 820 g/mol. The molecular formula is C43H36Cl2F2O10. The van der Waals surface area contributed by atoms with Crippen molar-refractivity contribution >= 4 is 57.1 Å². The van der Waals surface area contributed by atoms with Gasteiger partial charge in [-0.15, -0.1) is 0 Å². The number of carbonyl (C=O) groups is 2. The lowest BCUT2D eigenvalue weighted by Gasteiger charge is -2.20. The predicted octanol–water partition coefficient (Wildman–Crippen LogP) is 10.6. The number of carbonyl (C=O) groups excluding carboxylic acids is 2. The molecule has 10 nitrogen and oxygen atoms in total. The van der Waals surface area contributed by atoms with Crippen LogP contribution in [0.25, 0.3) is 44.6 Å². The topological polar surface area (TPSA) is 131 Å². The Hall–Kier alpha value is -5.72. The van der Waals surface area contributed by atoms with Gasteiger partial charge in [-0.2, -0.15) is 0 Å². The fraction of sp³-hybridized carbons (Fsp3) is 0.256. The van der Waals surface area contributed by atoms with E-state index in [9.17, 15) is 19.2 Å². The van der Waals surface area contributed by atoms with E-state index in [1.165, 1.54) is 60.7 Å². The minimum Gasteiger partial charge on any atom is -0.493 e. The first-order chi connectivity index (χ1) is 26.8. The van der Waals surface area contributed by atoms with Crippen LogP contribution in [0.15, 0.2) is 91.2 Å². The number of fused-ring (bicyclic) bond motifs is 2. The van der Waals surface area contributed by atoms with Crippen molar-refractivity contribution in [3.63, 3.8) is 0 Å². The van der Waals surface area contributed by atoms with Crippen molar-refractivity contribution in [3.8, 4) is 34.1 Å².